The summed E-state index contributed by atoms with van der Waals surface area (Å²) in [4.78, 5) is 12.4. The second-order valence-electron chi connectivity index (χ2n) is 8.84. The molecule has 0 aromatic heterocycles. The number of benzene rings is 3. The standard InChI is InChI=1S/C27H26F5NO/c1-16(2)8-26(17(3)34)21-11-20(19-4-6-22(7-5-19)27(30,31)32)12-25(13-21)33-15-18-9-23(28)14-24(29)10-18/h4-7,9-14,16,26,33H,8,15H2,1-3H3. The van der Waals surface area contributed by atoms with Gasteiger partial charge in [0.2, 0.25) is 0 Å². The van der Waals surface area contributed by atoms with Crippen molar-refractivity contribution in [3.05, 3.63) is 89.0 Å². The van der Waals surface area contributed by atoms with E-state index in [2.05, 4.69) is 5.32 Å². The first-order valence-corrected chi connectivity index (χ1v) is 10.9. The van der Waals surface area contributed by atoms with E-state index in [1.54, 1.807) is 12.1 Å². The van der Waals surface area contributed by atoms with Crippen molar-refractivity contribution in [3.63, 3.8) is 0 Å². The highest BCUT2D eigenvalue weighted by molar-refractivity contribution is 5.84. The minimum atomic E-state index is -4.44. The second kappa shape index (κ2) is 10.4. The van der Waals surface area contributed by atoms with Crippen LogP contribution in [0.15, 0.2) is 60.7 Å². The van der Waals surface area contributed by atoms with Gasteiger partial charge in [-0.15, -0.1) is 0 Å². The average Bonchev–Trinajstić information content (AvgIpc) is 2.74. The van der Waals surface area contributed by atoms with E-state index in [1.165, 1.54) is 31.2 Å². The highest BCUT2D eigenvalue weighted by atomic mass is 19.4. The van der Waals surface area contributed by atoms with Gasteiger partial charge >= 0.3 is 6.18 Å². The SMILES string of the molecule is CC(=O)C(CC(C)C)c1cc(NCc2cc(F)cc(F)c2)cc(-c2ccc(C(F)(F)F)cc2)c1. The van der Waals surface area contributed by atoms with Crippen molar-refractivity contribution in [1.82, 2.24) is 0 Å². The monoisotopic (exact) mass is 475 g/mol. The smallest absolute Gasteiger partial charge is 0.381 e. The van der Waals surface area contributed by atoms with Crippen molar-refractivity contribution in [2.75, 3.05) is 5.32 Å². The van der Waals surface area contributed by atoms with Gasteiger partial charge in [0.15, 0.2) is 0 Å². The first-order valence-electron chi connectivity index (χ1n) is 10.9. The maximum atomic E-state index is 13.6. The number of nitrogens with one attached hydrogen (secondary N) is 1. The summed E-state index contributed by atoms with van der Waals surface area (Å²) in [7, 11) is 0. The summed E-state index contributed by atoms with van der Waals surface area (Å²) in [6, 6.07) is 13.4. The van der Waals surface area contributed by atoms with Crippen LogP contribution in [0.2, 0.25) is 0 Å². The van der Waals surface area contributed by atoms with Gasteiger partial charge in [-0.05, 0) is 77.9 Å². The van der Waals surface area contributed by atoms with E-state index in [0.29, 0.717) is 28.8 Å². The third kappa shape index (κ3) is 6.65. The summed E-state index contributed by atoms with van der Waals surface area (Å²) in [5.41, 5.74) is 2.15. The quantitative estimate of drug-likeness (QED) is 0.335. The minimum Gasteiger partial charge on any atom is -0.381 e. The van der Waals surface area contributed by atoms with Crippen molar-refractivity contribution in [2.45, 2.75) is 45.8 Å². The van der Waals surface area contributed by atoms with Crippen LogP contribution in [-0.4, -0.2) is 5.78 Å². The van der Waals surface area contributed by atoms with Crippen LogP contribution in [0.5, 0.6) is 0 Å². The molecule has 1 unspecified atom stereocenters. The number of anilines is 1. The number of halogens is 5. The highest BCUT2D eigenvalue weighted by Crippen LogP contribution is 2.34. The van der Waals surface area contributed by atoms with E-state index in [9.17, 15) is 26.7 Å². The zero-order chi connectivity index (χ0) is 25.0. The summed E-state index contributed by atoms with van der Waals surface area (Å²) in [6.07, 6.45) is -3.83. The van der Waals surface area contributed by atoms with Gasteiger partial charge in [0.05, 0.1) is 5.56 Å². The van der Waals surface area contributed by atoms with E-state index >= 15 is 0 Å². The molecule has 0 spiro atoms. The number of alkyl halides is 3. The molecule has 34 heavy (non-hydrogen) atoms. The maximum absolute atomic E-state index is 13.6. The fourth-order valence-corrected chi connectivity index (χ4v) is 3.90. The molecule has 7 heteroatoms. The largest absolute Gasteiger partial charge is 0.416 e. The van der Waals surface area contributed by atoms with Gasteiger partial charge in [0.1, 0.15) is 17.4 Å². The number of carbonyl (C=O) groups excluding carboxylic acids is 1. The van der Waals surface area contributed by atoms with Gasteiger partial charge < -0.3 is 5.32 Å². The topological polar surface area (TPSA) is 29.1 Å². The lowest BCUT2D eigenvalue weighted by Crippen LogP contribution is -2.12. The minimum absolute atomic E-state index is 0.0172. The van der Waals surface area contributed by atoms with E-state index < -0.39 is 23.4 Å². The Morgan fingerprint density at radius 1 is 0.882 bits per heavy atom. The number of hydrogen-bond donors (Lipinski definition) is 1. The predicted octanol–water partition coefficient (Wildman–Crippen LogP) is 7.98. The van der Waals surface area contributed by atoms with Crippen LogP contribution in [0, 0.1) is 17.6 Å². The second-order valence-corrected chi connectivity index (χ2v) is 8.84. The molecule has 0 bridgehead atoms. The molecule has 0 aliphatic rings. The van der Waals surface area contributed by atoms with Crippen LogP contribution in [0.25, 0.3) is 11.1 Å². The molecule has 0 radical (unpaired) electrons. The summed E-state index contributed by atoms with van der Waals surface area (Å²) in [5, 5.41) is 3.12. The molecule has 3 aromatic rings. The molecule has 0 aliphatic carbocycles. The molecule has 3 rings (SSSR count). The van der Waals surface area contributed by atoms with Gasteiger partial charge in [-0.2, -0.15) is 13.2 Å². The van der Waals surface area contributed by atoms with E-state index in [4.69, 9.17) is 0 Å². The summed E-state index contributed by atoms with van der Waals surface area (Å²) in [6.45, 7) is 5.65. The highest BCUT2D eigenvalue weighted by Gasteiger charge is 2.30. The summed E-state index contributed by atoms with van der Waals surface area (Å²) < 4.78 is 66.1. The Balaban J connectivity index is 2.01. The van der Waals surface area contributed by atoms with Crippen LogP contribution >= 0.6 is 0 Å². The first kappa shape index (κ1) is 25.4. The van der Waals surface area contributed by atoms with E-state index in [0.717, 1.165) is 23.8 Å². The summed E-state index contributed by atoms with van der Waals surface area (Å²) >= 11 is 0. The number of carbonyl (C=O) groups is 1. The first-order chi connectivity index (χ1) is 15.9. The van der Waals surface area contributed by atoms with Crippen molar-refractivity contribution < 1.29 is 26.7 Å². The molecule has 3 aromatic carbocycles. The fourth-order valence-electron chi connectivity index (χ4n) is 3.90. The van der Waals surface area contributed by atoms with Crippen LogP contribution in [0.3, 0.4) is 0 Å². The Hall–Kier alpha value is -3.22. The molecule has 180 valence electrons. The Kier molecular flexibility index (Phi) is 7.75. The number of Topliss-reactive ketones (excluding diaryl/α,β-unsaturated/α-hetero) is 1. The number of ketones is 1. The Labute approximate surface area is 195 Å². The molecule has 0 amide bonds. The molecule has 0 saturated carbocycles. The molecule has 1 atom stereocenters. The molecule has 0 saturated heterocycles. The third-order valence-electron chi connectivity index (χ3n) is 5.52. The normalized spacial score (nSPS) is 12.6. The average molecular weight is 476 g/mol. The predicted molar refractivity (Wildman–Crippen MR) is 123 cm³/mol. The lowest BCUT2D eigenvalue weighted by Gasteiger charge is -2.20. The third-order valence-corrected chi connectivity index (χ3v) is 5.52. The van der Waals surface area contributed by atoms with Gasteiger partial charge in [-0.3, -0.25) is 4.79 Å². The zero-order valence-electron chi connectivity index (χ0n) is 19.1. The molecular formula is C27H26F5NO. The number of rotatable bonds is 8. The van der Waals surface area contributed by atoms with Crippen molar-refractivity contribution >= 4 is 11.5 Å². The molecule has 1 N–H and O–H groups in total. The van der Waals surface area contributed by atoms with Gasteiger partial charge in [-0.25, -0.2) is 8.78 Å². The van der Waals surface area contributed by atoms with Crippen LogP contribution < -0.4 is 5.32 Å². The van der Waals surface area contributed by atoms with Crippen molar-refractivity contribution in [2.24, 2.45) is 5.92 Å². The molecule has 2 nitrogen and oxygen atoms in total. The molecule has 0 heterocycles. The summed E-state index contributed by atoms with van der Waals surface area (Å²) in [5.74, 6) is -1.54. The maximum Gasteiger partial charge on any atom is 0.416 e. The van der Waals surface area contributed by atoms with Crippen molar-refractivity contribution in [3.8, 4) is 11.1 Å². The Morgan fingerprint density at radius 2 is 1.50 bits per heavy atom. The van der Waals surface area contributed by atoms with Crippen LogP contribution in [0.4, 0.5) is 27.6 Å². The van der Waals surface area contributed by atoms with Crippen LogP contribution in [0.1, 0.15) is 49.8 Å². The van der Waals surface area contributed by atoms with E-state index in [-0.39, 0.29) is 24.2 Å². The van der Waals surface area contributed by atoms with Crippen molar-refractivity contribution in [1.29, 1.82) is 0 Å². The molecule has 0 aliphatic heterocycles. The molecule has 0 fully saturated rings. The van der Waals surface area contributed by atoms with E-state index in [1.807, 2.05) is 19.9 Å². The molecular weight excluding hydrogens is 449 g/mol. The fraction of sp³-hybridized carbons (Fsp3) is 0.296. The lowest BCUT2D eigenvalue weighted by atomic mass is 9.85. The Bertz CT molecular complexity index is 1130. The van der Waals surface area contributed by atoms with Gasteiger partial charge in [0, 0.05) is 24.2 Å². The number of hydrogen-bond acceptors (Lipinski definition) is 2. The van der Waals surface area contributed by atoms with Gasteiger partial charge in [-0.1, -0.05) is 32.0 Å². The van der Waals surface area contributed by atoms with Gasteiger partial charge in [0.25, 0.3) is 0 Å². The van der Waals surface area contributed by atoms with Crippen LogP contribution in [-0.2, 0) is 17.5 Å². The Morgan fingerprint density at radius 3 is 2.03 bits per heavy atom. The lowest BCUT2D eigenvalue weighted by molar-refractivity contribution is -0.137. The zero-order valence-corrected chi connectivity index (χ0v) is 19.1.